The van der Waals surface area contributed by atoms with Crippen molar-refractivity contribution in [1.82, 2.24) is 14.9 Å². The second kappa shape index (κ2) is 7.84. The van der Waals surface area contributed by atoms with Crippen molar-refractivity contribution in [1.29, 1.82) is 0 Å². The molecule has 6 nitrogen and oxygen atoms in total. The largest absolute Gasteiger partial charge is 0.478 e. The first-order valence-corrected chi connectivity index (χ1v) is 9.65. The number of piperidine rings is 1. The molecular weight excluding hydrogens is 354 g/mol. The van der Waals surface area contributed by atoms with Gasteiger partial charge in [0.2, 0.25) is 5.91 Å². The Morgan fingerprint density at radius 3 is 2.86 bits per heavy atom. The van der Waals surface area contributed by atoms with E-state index in [1.165, 1.54) is 0 Å². The number of carbonyl (C=O) groups excluding carboxylic acids is 1. The molecule has 28 heavy (non-hydrogen) atoms. The summed E-state index contributed by atoms with van der Waals surface area (Å²) in [4.78, 5) is 33.7. The van der Waals surface area contributed by atoms with Crippen LogP contribution in [0.1, 0.15) is 46.9 Å². The summed E-state index contributed by atoms with van der Waals surface area (Å²) in [6.45, 7) is 1.40. The smallest absolute Gasteiger partial charge is 0.335 e. The Morgan fingerprint density at radius 2 is 2.04 bits per heavy atom. The first-order valence-electron chi connectivity index (χ1n) is 9.65. The van der Waals surface area contributed by atoms with Crippen molar-refractivity contribution in [3.63, 3.8) is 0 Å². The van der Waals surface area contributed by atoms with E-state index in [0.29, 0.717) is 24.9 Å². The lowest BCUT2D eigenvalue weighted by Crippen LogP contribution is -2.39. The molecule has 1 atom stereocenters. The summed E-state index contributed by atoms with van der Waals surface area (Å²) in [5.41, 5.74) is 3.20. The molecule has 0 bridgehead atoms. The molecular formula is C22H23N3O3. The van der Waals surface area contributed by atoms with Gasteiger partial charge in [-0.3, -0.25) is 4.79 Å². The van der Waals surface area contributed by atoms with Gasteiger partial charge in [0.25, 0.3) is 0 Å². The van der Waals surface area contributed by atoms with Gasteiger partial charge in [-0.2, -0.15) is 0 Å². The number of carboxylic acids is 1. The second-order valence-electron chi connectivity index (χ2n) is 7.31. The number of aromatic nitrogens is 2. The van der Waals surface area contributed by atoms with Crippen molar-refractivity contribution in [2.45, 2.75) is 31.6 Å². The van der Waals surface area contributed by atoms with Gasteiger partial charge in [0.05, 0.1) is 16.6 Å². The molecule has 3 aromatic rings. The normalized spacial score (nSPS) is 17.0. The molecule has 4 rings (SSSR count). The Morgan fingerprint density at radius 1 is 1.18 bits per heavy atom. The van der Waals surface area contributed by atoms with E-state index in [1.807, 2.05) is 35.2 Å². The molecule has 0 saturated carbocycles. The number of H-pyrrole nitrogens is 1. The third-order valence-corrected chi connectivity index (χ3v) is 5.39. The van der Waals surface area contributed by atoms with Crippen LogP contribution in [0.4, 0.5) is 0 Å². The monoisotopic (exact) mass is 377 g/mol. The number of para-hydroxylation sites is 2. The first kappa shape index (κ1) is 18.2. The number of aryl methyl sites for hydroxylation is 1. The zero-order valence-electron chi connectivity index (χ0n) is 15.6. The summed E-state index contributed by atoms with van der Waals surface area (Å²) < 4.78 is 0. The third kappa shape index (κ3) is 3.91. The van der Waals surface area contributed by atoms with Crippen LogP contribution in [0.5, 0.6) is 0 Å². The quantitative estimate of drug-likeness (QED) is 0.711. The fraction of sp³-hybridized carbons (Fsp3) is 0.318. The van der Waals surface area contributed by atoms with Gasteiger partial charge in [-0.1, -0.05) is 24.3 Å². The molecule has 0 radical (unpaired) electrons. The van der Waals surface area contributed by atoms with Crippen LogP contribution in [0, 0.1) is 0 Å². The summed E-state index contributed by atoms with van der Waals surface area (Å²) in [5, 5.41) is 9.21. The van der Waals surface area contributed by atoms with Crippen LogP contribution in [0.25, 0.3) is 11.0 Å². The van der Waals surface area contributed by atoms with E-state index in [4.69, 9.17) is 0 Å². The SMILES string of the molecule is O=C(O)c1cccc(C2CCCN(C(=O)CCc3nc4ccccc4[nH]3)C2)c1. The lowest BCUT2D eigenvalue weighted by Gasteiger charge is -2.33. The minimum atomic E-state index is -0.920. The van der Waals surface area contributed by atoms with Crippen LogP contribution in [0.15, 0.2) is 48.5 Å². The number of amides is 1. The number of aromatic amines is 1. The molecule has 2 N–H and O–H groups in total. The maximum atomic E-state index is 12.7. The molecule has 2 heterocycles. The molecule has 1 aliphatic heterocycles. The van der Waals surface area contributed by atoms with Gasteiger partial charge in [-0.25, -0.2) is 9.78 Å². The highest BCUT2D eigenvalue weighted by Gasteiger charge is 2.25. The van der Waals surface area contributed by atoms with Crippen molar-refractivity contribution >= 4 is 22.9 Å². The maximum Gasteiger partial charge on any atom is 0.335 e. The molecule has 1 unspecified atom stereocenters. The van der Waals surface area contributed by atoms with Gasteiger partial charge in [-0.15, -0.1) is 0 Å². The van der Waals surface area contributed by atoms with Crippen LogP contribution in [-0.4, -0.2) is 44.9 Å². The fourth-order valence-electron chi connectivity index (χ4n) is 3.91. The summed E-state index contributed by atoms with van der Waals surface area (Å²) in [6, 6.07) is 14.9. The lowest BCUT2D eigenvalue weighted by atomic mass is 9.89. The number of aromatic carboxylic acids is 1. The number of carbonyl (C=O) groups is 2. The number of hydrogen-bond donors (Lipinski definition) is 2. The Labute approximate surface area is 163 Å². The number of likely N-dealkylation sites (tertiary alicyclic amines) is 1. The minimum Gasteiger partial charge on any atom is -0.478 e. The van der Waals surface area contributed by atoms with Crippen molar-refractivity contribution in [2.24, 2.45) is 0 Å². The summed E-state index contributed by atoms with van der Waals surface area (Å²) >= 11 is 0. The molecule has 1 fully saturated rings. The molecule has 1 aliphatic rings. The number of nitrogens with one attached hydrogen (secondary N) is 1. The first-order chi connectivity index (χ1) is 13.6. The van der Waals surface area contributed by atoms with E-state index in [1.54, 1.807) is 18.2 Å². The van der Waals surface area contributed by atoms with E-state index in [2.05, 4.69) is 9.97 Å². The molecule has 6 heteroatoms. The van der Waals surface area contributed by atoms with Crippen molar-refractivity contribution in [3.8, 4) is 0 Å². The van der Waals surface area contributed by atoms with Crippen LogP contribution in [0.2, 0.25) is 0 Å². The minimum absolute atomic E-state index is 0.125. The number of rotatable bonds is 5. The van der Waals surface area contributed by atoms with E-state index < -0.39 is 5.97 Å². The van der Waals surface area contributed by atoms with Gasteiger partial charge in [0, 0.05) is 31.8 Å². The van der Waals surface area contributed by atoms with Crippen molar-refractivity contribution in [3.05, 3.63) is 65.5 Å². The highest BCUT2D eigenvalue weighted by atomic mass is 16.4. The standard InChI is InChI=1S/C22H23N3O3/c26-21(11-10-20-23-18-8-1-2-9-19(18)24-20)25-12-4-7-17(14-25)15-5-3-6-16(13-15)22(27)28/h1-3,5-6,8-9,13,17H,4,7,10-12,14H2,(H,23,24)(H,27,28). The van der Waals surface area contributed by atoms with E-state index >= 15 is 0 Å². The number of benzene rings is 2. The number of hydrogen-bond acceptors (Lipinski definition) is 3. The highest BCUT2D eigenvalue weighted by Crippen LogP contribution is 2.28. The molecule has 0 aliphatic carbocycles. The van der Waals surface area contributed by atoms with Gasteiger partial charge >= 0.3 is 5.97 Å². The van der Waals surface area contributed by atoms with Crippen LogP contribution < -0.4 is 0 Å². The van der Waals surface area contributed by atoms with E-state index in [-0.39, 0.29) is 11.8 Å². The van der Waals surface area contributed by atoms with Crippen LogP contribution in [-0.2, 0) is 11.2 Å². The van der Waals surface area contributed by atoms with E-state index in [9.17, 15) is 14.7 Å². The Kier molecular flexibility index (Phi) is 5.10. The summed E-state index contributed by atoms with van der Waals surface area (Å²) in [5.74, 6) is 0.219. The lowest BCUT2D eigenvalue weighted by molar-refractivity contribution is -0.132. The number of nitrogens with zero attached hydrogens (tertiary/aromatic N) is 2. The van der Waals surface area contributed by atoms with E-state index in [0.717, 1.165) is 41.8 Å². The van der Waals surface area contributed by atoms with Gasteiger partial charge in [0.1, 0.15) is 5.82 Å². The third-order valence-electron chi connectivity index (χ3n) is 5.39. The molecule has 1 saturated heterocycles. The highest BCUT2D eigenvalue weighted by molar-refractivity contribution is 5.87. The average molecular weight is 377 g/mol. The Bertz CT molecular complexity index is 978. The number of carboxylic acid groups (broad SMARTS) is 1. The summed E-state index contributed by atoms with van der Waals surface area (Å²) in [6.07, 6.45) is 2.90. The second-order valence-corrected chi connectivity index (χ2v) is 7.31. The Hall–Kier alpha value is -3.15. The fourth-order valence-corrected chi connectivity index (χ4v) is 3.91. The molecule has 1 aromatic heterocycles. The van der Waals surface area contributed by atoms with Gasteiger partial charge in [-0.05, 0) is 42.7 Å². The topological polar surface area (TPSA) is 86.3 Å². The maximum absolute atomic E-state index is 12.7. The number of fused-ring (bicyclic) bond motifs is 1. The predicted octanol–water partition coefficient (Wildman–Crippen LogP) is 3.60. The summed E-state index contributed by atoms with van der Waals surface area (Å²) in [7, 11) is 0. The van der Waals surface area contributed by atoms with Gasteiger partial charge in [0.15, 0.2) is 0 Å². The Balaban J connectivity index is 1.39. The average Bonchev–Trinajstić information content (AvgIpc) is 3.15. The van der Waals surface area contributed by atoms with Gasteiger partial charge < -0.3 is 15.0 Å². The van der Waals surface area contributed by atoms with Crippen molar-refractivity contribution < 1.29 is 14.7 Å². The molecule has 1 amide bonds. The zero-order valence-corrected chi connectivity index (χ0v) is 15.6. The van der Waals surface area contributed by atoms with Crippen LogP contribution in [0.3, 0.4) is 0 Å². The molecule has 2 aromatic carbocycles. The molecule has 144 valence electrons. The van der Waals surface area contributed by atoms with Crippen molar-refractivity contribution in [2.75, 3.05) is 13.1 Å². The zero-order chi connectivity index (χ0) is 19.5. The van der Waals surface area contributed by atoms with Crippen LogP contribution >= 0.6 is 0 Å². The molecule has 0 spiro atoms. The number of imidazole rings is 1. The predicted molar refractivity (Wildman–Crippen MR) is 106 cm³/mol.